The van der Waals surface area contributed by atoms with E-state index in [0.29, 0.717) is 6.61 Å². The van der Waals surface area contributed by atoms with Gasteiger partial charge in [0, 0.05) is 18.1 Å². The van der Waals surface area contributed by atoms with Gasteiger partial charge in [-0.1, -0.05) is 36.4 Å². The predicted molar refractivity (Wildman–Crippen MR) is 86.7 cm³/mol. The van der Waals surface area contributed by atoms with Crippen LogP contribution in [0.4, 0.5) is 5.82 Å². The van der Waals surface area contributed by atoms with Crippen LogP contribution in [0.2, 0.25) is 0 Å². The van der Waals surface area contributed by atoms with Gasteiger partial charge in [-0.05, 0) is 36.1 Å². The third-order valence-corrected chi connectivity index (χ3v) is 3.33. The molecule has 0 saturated heterocycles. The molecule has 0 spiro atoms. The maximum Gasteiger partial charge on any atom is 0.133 e. The molecular formula is C18H18N2O. The summed E-state index contributed by atoms with van der Waals surface area (Å²) in [5.74, 6) is 1.76. The number of aromatic nitrogens is 1. The van der Waals surface area contributed by atoms with E-state index in [1.807, 2.05) is 42.6 Å². The number of hydrogen-bond acceptors (Lipinski definition) is 3. The summed E-state index contributed by atoms with van der Waals surface area (Å²) in [6, 6.07) is 18.3. The zero-order valence-corrected chi connectivity index (χ0v) is 12.0. The summed E-state index contributed by atoms with van der Waals surface area (Å²) >= 11 is 0. The summed E-state index contributed by atoms with van der Waals surface area (Å²) in [6.07, 6.45) is 1.82. The minimum absolute atomic E-state index is 0.573. The molecule has 0 aliphatic carbocycles. The van der Waals surface area contributed by atoms with Crippen LogP contribution in [0.25, 0.3) is 10.8 Å². The van der Waals surface area contributed by atoms with E-state index in [9.17, 15) is 0 Å². The summed E-state index contributed by atoms with van der Waals surface area (Å²) in [5.41, 5.74) is 1.16. The number of anilines is 1. The van der Waals surface area contributed by atoms with Gasteiger partial charge in [-0.15, -0.1) is 0 Å². The number of nitrogens with one attached hydrogen (secondary N) is 1. The number of nitrogens with zero attached hydrogens (tertiary/aromatic N) is 1. The van der Waals surface area contributed by atoms with Gasteiger partial charge in [-0.3, -0.25) is 0 Å². The Morgan fingerprint density at radius 3 is 2.71 bits per heavy atom. The zero-order valence-electron chi connectivity index (χ0n) is 12.0. The molecule has 1 aromatic heterocycles. The Bertz CT molecular complexity index is 726. The largest absolute Gasteiger partial charge is 0.489 e. The van der Waals surface area contributed by atoms with Crippen LogP contribution in [-0.4, -0.2) is 11.5 Å². The molecule has 1 N–H and O–H groups in total. The van der Waals surface area contributed by atoms with Crippen LogP contribution < -0.4 is 10.1 Å². The molecule has 106 valence electrons. The lowest BCUT2D eigenvalue weighted by molar-refractivity contribution is 0.306. The molecule has 0 aliphatic rings. The van der Waals surface area contributed by atoms with Gasteiger partial charge in [0.2, 0.25) is 0 Å². The van der Waals surface area contributed by atoms with Gasteiger partial charge in [0.05, 0.1) is 0 Å². The molecule has 0 saturated carbocycles. The van der Waals surface area contributed by atoms with Crippen molar-refractivity contribution in [3.05, 3.63) is 66.4 Å². The fourth-order valence-corrected chi connectivity index (χ4v) is 2.29. The number of ether oxygens (including phenoxy) is 1. The van der Waals surface area contributed by atoms with E-state index >= 15 is 0 Å². The van der Waals surface area contributed by atoms with Gasteiger partial charge in [0.1, 0.15) is 18.2 Å². The average Bonchev–Trinajstić information content (AvgIpc) is 2.54. The lowest BCUT2D eigenvalue weighted by atomic mass is 10.1. The van der Waals surface area contributed by atoms with Crippen LogP contribution in [0, 0.1) is 0 Å². The monoisotopic (exact) mass is 278 g/mol. The molecular weight excluding hydrogens is 260 g/mol. The van der Waals surface area contributed by atoms with E-state index in [-0.39, 0.29) is 0 Å². The second-order valence-corrected chi connectivity index (χ2v) is 4.85. The van der Waals surface area contributed by atoms with Crippen molar-refractivity contribution >= 4 is 16.6 Å². The van der Waals surface area contributed by atoms with Gasteiger partial charge in [-0.2, -0.15) is 0 Å². The number of hydrogen-bond donors (Lipinski definition) is 1. The highest BCUT2D eigenvalue weighted by molar-refractivity contribution is 5.92. The molecule has 0 unspecified atom stereocenters. The third kappa shape index (κ3) is 3.14. The first-order valence-electron chi connectivity index (χ1n) is 7.16. The Morgan fingerprint density at radius 1 is 1.05 bits per heavy atom. The Balaban J connectivity index is 1.84. The molecule has 0 amide bonds. The quantitative estimate of drug-likeness (QED) is 0.757. The first-order chi connectivity index (χ1) is 10.4. The topological polar surface area (TPSA) is 34.2 Å². The Kier molecular flexibility index (Phi) is 4.01. The van der Waals surface area contributed by atoms with Crippen molar-refractivity contribution in [2.24, 2.45) is 0 Å². The second-order valence-electron chi connectivity index (χ2n) is 4.85. The van der Waals surface area contributed by atoms with Gasteiger partial charge in [-0.25, -0.2) is 4.98 Å². The van der Waals surface area contributed by atoms with E-state index in [0.717, 1.165) is 34.4 Å². The maximum absolute atomic E-state index is 5.88. The summed E-state index contributed by atoms with van der Waals surface area (Å²) in [4.78, 5) is 4.39. The van der Waals surface area contributed by atoms with Crippen LogP contribution in [0.1, 0.15) is 12.5 Å². The molecule has 3 nitrogen and oxygen atoms in total. The zero-order chi connectivity index (χ0) is 14.5. The lowest BCUT2D eigenvalue weighted by Gasteiger charge is -2.10. The average molecular weight is 278 g/mol. The van der Waals surface area contributed by atoms with Crippen LogP contribution in [-0.2, 0) is 6.61 Å². The molecule has 3 rings (SSSR count). The first kappa shape index (κ1) is 13.4. The Labute approximate surface area is 124 Å². The smallest absolute Gasteiger partial charge is 0.133 e. The van der Waals surface area contributed by atoms with E-state index < -0.39 is 0 Å². The lowest BCUT2D eigenvalue weighted by Crippen LogP contribution is -2.00. The van der Waals surface area contributed by atoms with E-state index in [1.54, 1.807) is 0 Å². The maximum atomic E-state index is 5.88. The van der Waals surface area contributed by atoms with Gasteiger partial charge in [0.15, 0.2) is 0 Å². The third-order valence-electron chi connectivity index (χ3n) is 3.33. The summed E-state index contributed by atoms with van der Waals surface area (Å²) < 4.78 is 5.88. The highest BCUT2D eigenvalue weighted by atomic mass is 16.5. The molecule has 3 aromatic rings. The summed E-state index contributed by atoms with van der Waals surface area (Å²) in [6.45, 7) is 3.49. The molecule has 2 aromatic carbocycles. The normalized spacial score (nSPS) is 10.5. The van der Waals surface area contributed by atoms with Crippen LogP contribution >= 0.6 is 0 Å². The minimum Gasteiger partial charge on any atom is -0.489 e. The fourth-order valence-electron chi connectivity index (χ4n) is 2.29. The van der Waals surface area contributed by atoms with Gasteiger partial charge in [0.25, 0.3) is 0 Å². The van der Waals surface area contributed by atoms with E-state index in [1.165, 1.54) is 0 Å². The molecule has 0 aliphatic heterocycles. The highest BCUT2D eigenvalue weighted by Gasteiger charge is 2.03. The van der Waals surface area contributed by atoms with Crippen molar-refractivity contribution in [3.8, 4) is 5.75 Å². The van der Waals surface area contributed by atoms with Crippen molar-refractivity contribution in [3.63, 3.8) is 0 Å². The number of benzene rings is 2. The second kappa shape index (κ2) is 6.27. The first-order valence-corrected chi connectivity index (χ1v) is 7.16. The summed E-state index contributed by atoms with van der Waals surface area (Å²) in [5, 5.41) is 5.53. The molecule has 3 heteroatoms. The highest BCUT2D eigenvalue weighted by Crippen LogP contribution is 2.26. The van der Waals surface area contributed by atoms with Crippen LogP contribution in [0.3, 0.4) is 0 Å². The van der Waals surface area contributed by atoms with Crippen molar-refractivity contribution in [2.75, 3.05) is 11.9 Å². The number of rotatable bonds is 5. The predicted octanol–water partition coefficient (Wildman–Crippen LogP) is 4.25. The van der Waals surface area contributed by atoms with Crippen LogP contribution in [0.5, 0.6) is 5.75 Å². The number of pyridine rings is 1. The Hall–Kier alpha value is -2.55. The molecule has 21 heavy (non-hydrogen) atoms. The standard InChI is InChI=1S/C18H18N2O/c1-2-19-18-17-12-16(9-8-15(17)10-11-20-18)21-13-14-6-4-3-5-7-14/h3-12H,2,13H2,1H3,(H,19,20). The molecule has 0 bridgehead atoms. The Morgan fingerprint density at radius 2 is 1.90 bits per heavy atom. The molecule has 0 atom stereocenters. The van der Waals surface area contributed by atoms with Crippen LogP contribution in [0.15, 0.2) is 60.8 Å². The molecule has 1 heterocycles. The minimum atomic E-state index is 0.573. The van der Waals surface area contributed by atoms with E-state index in [2.05, 4.69) is 35.4 Å². The van der Waals surface area contributed by atoms with Gasteiger partial charge >= 0.3 is 0 Å². The van der Waals surface area contributed by atoms with Crippen molar-refractivity contribution < 1.29 is 4.74 Å². The molecule has 0 fully saturated rings. The molecule has 0 radical (unpaired) electrons. The van der Waals surface area contributed by atoms with Crippen molar-refractivity contribution in [1.82, 2.24) is 4.98 Å². The van der Waals surface area contributed by atoms with E-state index in [4.69, 9.17) is 4.74 Å². The van der Waals surface area contributed by atoms with Crippen molar-refractivity contribution in [1.29, 1.82) is 0 Å². The summed E-state index contributed by atoms with van der Waals surface area (Å²) in [7, 11) is 0. The van der Waals surface area contributed by atoms with Gasteiger partial charge < -0.3 is 10.1 Å². The number of fused-ring (bicyclic) bond motifs is 1. The van der Waals surface area contributed by atoms with Crippen molar-refractivity contribution in [2.45, 2.75) is 13.5 Å². The fraction of sp³-hybridized carbons (Fsp3) is 0.167. The SMILES string of the molecule is CCNc1nccc2ccc(OCc3ccccc3)cc12.